The second-order valence-electron chi connectivity index (χ2n) is 4.65. The Bertz CT molecular complexity index is 557. The topological polar surface area (TPSA) is 54.0 Å². The van der Waals surface area contributed by atoms with Crippen LogP contribution in [0, 0.1) is 0 Å². The van der Waals surface area contributed by atoms with Gasteiger partial charge in [-0.15, -0.1) is 0 Å². The van der Waals surface area contributed by atoms with Gasteiger partial charge in [-0.25, -0.2) is 0 Å². The third-order valence-electron chi connectivity index (χ3n) is 3.00. The first-order chi connectivity index (χ1) is 10.3. The van der Waals surface area contributed by atoms with Gasteiger partial charge < -0.3 is 10.6 Å². The summed E-state index contributed by atoms with van der Waals surface area (Å²) >= 11 is 3.35. The monoisotopic (exact) mass is 347 g/mol. The van der Waals surface area contributed by atoms with Crippen LogP contribution in [0.4, 0.5) is 0 Å². The molecule has 0 aliphatic heterocycles. The standard InChI is InChI=1S/C16H18BrN3O/c17-15-4-2-14(3-5-15)16(21)20-9-1-8-19-12-13-6-10-18-11-7-13/h2-7,10-11,19H,1,8-9,12H2,(H,20,21). The predicted octanol–water partition coefficient (Wildman–Crippen LogP) is 2.75. The van der Waals surface area contributed by atoms with Gasteiger partial charge in [0.05, 0.1) is 0 Å². The zero-order valence-electron chi connectivity index (χ0n) is 11.7. The van der Waals surface area contributed by atoms with Crippen molar-refractivity contribution in [1.29, 1.82) is 0 Å². The van der Waals surface area contributed by atoms with Crippen LogP contribution in [-0.4, -0.2) is 24.0 Å². The quantitative estimate of drug-likeness (QED) is 0.757. The van der Waals surface area contributed by atoms with Crippen molar-refractivity contribution in [2.75, 3.05) is 13.1 Å². The molecule has 0 aliphatic carbocycles. The Morgan fingerprint density at radius 2 is 1.76 bits per heavy atom. The van der Waals surface area contributed by atoms with Gasteiger partial charge in [-0.05, 0) is 54.9 Å². The van der Waals surface area contributed by atoms with Crippen LogP contribution in [0.3, 0.4) is 0 Å². The number of carbonyl (C=O) groups is 1. The molecule has 5 heteroatoms. The van der Waals surface area contributed by atoms with E-state index in [1.807, 2.05) is 24.3 Å². The summed E-state index contributed by atoms with van der Waals surface area (Å²) in [6.07, 6.45) is 4.47. The molecule has 0 spiro atoms. The molecule has 1 aromatic heterocycles. The highest BCUT2D eigenvalue weighted by atomic mass is 79.9. The molecule has 4 nitrogen and oxygen atoms in total. The summed E-state index contributed by atoms with van der Waals surface area (Å²) in [4.78, 5) is 15.8. The van der Waals surface area contributed by atoms with E-state index in [9.17, 15) is 4.79 Å². The van der Waals surface area contributed by atoms with Crippen LogP contribution >= 0.6 is 15.9 Å². The molecular weight excluding hydrogens is 330 g/mol. The van der Waals surface area contributed by atoms with Crippen LogP contribution in [0.25, 0.3) is 0 Å². The van der Waals surface area contributed by atoms with Gasteiger partial charge in [-0.2, -0.15) is 0 Å². The predicted molar refractivity (Wildman–Crippen MR) is 87.0 cm³/mol. The average molecular weight is 348 g/mol. The van der Waals surface area contributed by atoms with E-state index >= 15 is 0 Å². The van der Waals surface area contributed by atoms with E-state index in [4.69, 9.17) is 0 Å². The number of benzene rings is 1. The lowest BCUT2D eigenvalue weighted by molar-refractivity contribution is 0.0953. The number of aromatic nitrogens is 1. The molecule has 2 rings (SSSR count). The molecule has 2 N–H and O–H groups in total. The molecule has 0 bridgehead atoms. The van der Waals surface area contributed by atoms with E-state index in [1.165, 1.54) is 5.56 Å². The highest BCUT2D eigenvalue weighted by Crippen LogP contribution is 2.10. The molecule has 21 heavy (non-hydrogen) atoms. The Hall–Kier alpha value is -1.72. The van der Waals surface area contributed by atoms with Crippen LogP contribution in [0.1, 0.15) is 22.3 Å². The number of halogens is 1. The fourth-order valence-electron chi connectivity index (χ4n) is 1.85. The summed E-state index contributed by atoms with van der Waals surface area (Å²) in [5.41, 5.74) is 1.90. The third-order valence-corrected chi connectivity index (χ3v) is 3.53. The fourth-order valence-corrected chi connectivity index (χ4v) is 2.12. The first-order valence-corrected chi connectivity index (χ1v) is 7.68. The van der Waals surface area contributed by atoms with Crippen molar-refractivity contribution in [3.05, 3.63) is 64.4 Å². The second-order valence-corrected chi connectivity index (χ2v) is 5.56. The minimum atomic E-state index is -0.0309. The average Bonchev–Trinajstić information content (AvgIpc) is 2.52. The number of hydrogen-bond donors (Lipinski definition) is 2. The molecular formula is C16H18BrN3O. The van der Waals surface area contributed by atoms with Crippen LogP contribution in [-0.2, 0) is 6.54 Å². The lowest BCUT2D eigenvalue weighted by atomic mass is 10.2. The Morgan fingerprint density at radius 1 is 1.05 bits per heavy atom. The molecule has 0 aliphatic rings. The number of pyridine rings is 1. The first-order valence-electron chi connectivity index (χ1n) is 6.89. The second kappa shape index (κ2) is 8.54. The van der Waals surface area contributed by atoms with Crippen molar-refractivity contribution < 1.29 is 4.79 Å². The number of carbonyl (C=O) groups excluding carboxylic acids is 1. The van der Waals surface area contributed by atoms with Gasteiger partial charge in [0.25, 0.3) is 5.91 Å². The van der Waals surface area contributed by atoms with Gasteiger partial charge in [0, 0.05) is 35.5 Å². The Labute approximate surface area is 133 Å². The molecule has 0 atom stereocenters. The summed E-state index contributed by atoms with van der Waals surface area (Å²) < 4.78 is 0.972. The fraction of sp³-hybridized carbons (Fsp3) is 0.250. The van der Waals surface area contributed by atoms with Gasteiger partial charge >= 0.3 is 0 Å². The minimum Gasteiger partial charge on any atom is -0.352 e. The van der Waals surface area contributed by atoms with Crippen molar-refractivity contribution >= 4 is 21.8 Å². The molecule has 0 fully saturated rings. The van der Waals surface area contributed by atoms with E-state index in [0.29, 0.717) is 12.1 Å². The summed E-state index contributed by atoms with van der Waals surface area (Å²) in [7, 11) is 0. The van der Waals surface area contributed by atoms with Crippen LogP contribution in [0.15, 0.2) is 53.3 Å². The summed E-state index contributed by atoms with van der Waals surface area (Å²) in [5, 5.41) is 6.25. The smallest absolute Gasteiger partial charge is 0.251 e. The molecule has 1 heterocycles. The number of nitrogens with zero attached hydrogens (tertiary/aromatic N) is 1. The van der Waals surface area contributed by atoms with Crippen molar-refractivity contribution in [2.24, 2.45) is 0 Å². The SMILES string of the molecule is O=C(NCCCNCc1ccncc1)c1ccc(Br)cc1. The summed E-state index contributed by atoms with van der Waals surface area (Å²) in [6, 6.07) is 11.3. The minimum absolute atomic E-state index is 0.0309. The first kappa shape index (κ1) is 15.7. The summed E-state index contributed by atoms with van der Waals surface area (Å²) in [6.45, 7) is 2.35. The molecule has 0 unspecified atom stereocenters. The zero-order valence-corrected chi connectivity index (χ0v) is 13.3. The van der Waals surface area contributed by atoms with Crippen LogP contribution < -0.4 is 10.6 Å². The molecule has 1 amide bonds. The number of hydrogen-bond acceptors (Lipinski definition) is 3. The van der Waals surface area contributed by atoms with Crippen LogP contribution in [0.5, 0.6) is 0 Å². The van der Waals surface area contributed by atoms with Gasteiger partial charge in [0.1, 0.15) is 0 Å². The largest absolute Gasteiger partial charge is 0.352 e. The van der Waals surface area contributed by atoms with E-state index in [1.54, 1.807) is 24.5 Å². The van der Waals surface area contributed by atoms with Gasteiger partial charge in [-0.3, -0.25) is 9.78 Å². The lowest BCUT2D eigenvalue weighted by Crippen LogP contribution is -2.27. The summed E-state index contributed by atoms with van der Waals surface area (Å²) in [5.74, 6) is -0.0309. The maximum absolute atomic E-state index is 11.9. The Kier molecular flexibility index (Phi) is 6.37. The number of nitrogens with one attached hydrogen (secondary N) is 2. The molecule has 0 radical (unpaired) electrons. The molecule has 110 valence electrons. The number of amides is 1. The highest BCUT2D eigenvalue weighted by Gasteiger charge is 2.03. The normalized spacial score (nSPS) is 10.3. The highest BCUT2D eigenvalue weighted by molar-refractivity contribution is 9.10. The van der Waals surface area contributed by atoms with Crippen molar-refractivity contribution in [3.8, 4) is 0 Å². The van der Waals surface area contributed by atoms with Gasteiger partial charge in [-0.1, -0.05) is 15.9 Å². The van der Waals surface area contributed by atoms with E-state index in [2.05, 4.69) is 31.5 Å². The Balaban J connectivity index is 1.59. The Morgan fingerprint density at radius 3 is 2.48 bits per heavy atom. The molecule has 1 aromatic carbocycles. The van der Waals surface area contributed by atoms with Crippen molar-refractivity contribution in [2.45, 2.75) is 13.0 Å². The lowest BCUT2D eigenvalue weighted by Gasteiger charge is -2.07. The van der Waals surface area contributed by atoms with Gasteiger partial charge in [0.2, 0.25) is 0 Å². The third kappa shape index (κ3) is 5.65. The molecule has 2 aromatic rings. The van der Waals surface area contributed by atoms with Crippen molar-refractivity contribution in [1.82, 2.24) is 15.6 Å². The maximum atomic E-state index is 11.9. The van der Waals surface area contributed by atoms with E-state index in [-0.39, 0.29) is 5.91 Å². The molecule has 0 saturated heterocycles. The molecule has 0 saturated carbocycles. The van der Waals surface area contributed by atoms with E-state index in [0.717, 1.165) is 24.0 Å². The van der Waals surface area contributed by atoms with Crippen molar-refractivity contribution in [3.63, 3.8) is 0 Å². The van der Waals surface area contributed by atoms with Crippen LogP contribution in [0.2, 0.25) is 0 Å². The van der Waals surface area contributed by atoms with E-state index < -0.39 is 0 Å². The zero-order chi connectivity index (χ0) is 14.9. The van der Waals surface area contributed by atoms with Gasteiger partial charge in [0.15, 0.2) is 0 Å². The maximum Gasteiger partial charge on any atom is 0.251 e. The number of rotatable bonds is 7.